The van der Waals surface area contributed by atoms with Gasteiger partial charge < -0.3 is 30.1 Å². The number of hydrogen-bond donors (Lipinski definition) is 4. The van der Waals surface area contributed by atoms with E-state index in [1.54, 1.807) is 16.8 Å². The van der Waals surface area contributed by atoms with Gasteiger partial charge in [0.05, 0.1) is 12.0 Å². The molecule has 0 amide bonds. The lowest BCUT2D eigenvalue weighted by Crippen LogP contribution is -2.44. The molecule has 3 rings (SSSR count). The molecule has 2 aromatic rings. The molecule has 1 aliphatic heterocycles. The van der Waals surface area contributed by atoms with E-state index in [-0.39, 0.29) is 6.61 Å². The fourth-order valence-electron chi connectivity index (χ4n) is 2.65. The maximum absolute atomic E-state index is 10.6. The summed E-state index contributed by atoms with van der Waals surface area (Å²) in [5, 5.41) is 21.4. The van der Waals surface area contributed by atoms with Crippen molar-refractivity contribution in [2.24, 2.45) is 5.90 Å². The fraction of sp³-hybridized carbons (Fsp3) is 0.500. The molecular weight excluding hydrogens is 278 g/mol. The predicted molar refractivity (Wildman–Crippen MR) is 72.6 cm³/mol. The van der Waals surface area contributed by atoms with Crippen molar-refractivity contribution < 1.29 is 19.8 Å². The summed E-state index contributed by atoms with van der Waals surface area (Å²) in [6.45, 7) is 1.44. The van der Waals surface area contributed by atoms with Crippen LogP contribution in [0, 0.1) is 0 Å². The highest BCUT2D eigenvalue weighted by atomic mass is 16.6. The van der Waals surface area contributed by atoms with E-state index in [0.29, 0.717) is 16.9 Å². The Morgan fingerprint density at radius 1 is 1.52 bits per heavy atom. The minimum Gasteiger partial charge on any atom is -0.387 e. The molecule has 114 valence electrons. The largest absolute Gasteiger partial charge is 0.387 e. The van der Waals surface area contributed by atoms with Crippen LogP contribution in [0.15, 0.2) is 18.6 Å². The van der Waals surface area contributed by atoms with Gasteiger partial charge in [-0.1, -0.05) is 0 Å². The molecule has 1 aliphatic rings. The van der Waals surface area contributed by atoms with Gasteiger partial charge in [-0.25, -0.2) is 15.9 Å². The Morgan fingerprint density at radius 2 is 2.29 bits per heavy atom. The van der Waals surface area contributed by atoms with E-state index in [2.05, 4.69) is 14.8 Å². The SMILES string of the molecule is C[C@@]1(O)C(O)C(CON)O[C@H]1n1ccc2c(N)ncnc21. The average Bonchev–Trinajstić information content (AvgIpc) is 2.95. The van der Waals surface area contributed by atoms with Crippen molar-refractivity contribution in [1.29, 1.82) is 0 Å². The van der Waals surface area contributed by atoms with Crippen LogP contribution in [-0.2, 0) is 9.57 Å². The summed E-state index contributed by atoms with van der Waals surface area (Å²) < 4.78 is 7.28. The summed E-state index contributed by atoms with van der Waals surface area (Å²) >= 11 is 0. The summed E-state index contributed by atoms with van der Waals surface area (Å²) in [6, 6.07) is 1.73. The van der Waals surface area contributed by atoms with E-state index < -0.39 is 24.0 Å². The molecule has 3 heterocycles. The zero-order chi connectivity index (χ0) is 15.2. The van der Waals surface area contributed by atoms with Crippen LogP contribution in [0.1, 0.15) is 13.2 Å². The van der Waals surface area contributed by atoms with Crippen LogP contribution in [-0.4, -0.2) is 49.2 Å². The van der Waals surface area contributed by atoms with Crippen LogP contribution in [0.4, 0.5) is 5.82 Å². The monoisotopic (exact) mass is 295 g/mol. The van der Waals surface area contributed by atoms with Crippen LogP contribution >= 0.6 is 0 Å². The fourth-order valence-corrected chi connectivity index (χ4v) is 2.65. The molecule has 21 heavy (non-hydrogen) atoms. The number of rotatable bonds is 3. The van der Waals surface area contributed by atoms with Gasteiger partial charge >= 0.3 is 0 Å². The standard InChI is InChI=1S/C12H17N5O4/c1-12(19)8(18)7(4-20-14)21-11(12)17-3-2-6-9(13)15-5-16-10(6)17/h2-3,5,7-8,11,18-19H,4,14H2,1H3,(H2,13,15,16)/t7?,8?,11-,12-/m1/s1. The quantitative estimate of drug-likeness (QED) is 0.523. The molecule has 1 saturated heterocycles. The molecule has 4 atom stereocenters. The molecule has 0 bridgehead atoms. The number of hydrogen-bond acceptors (Lipinski definition) is 8. The zero-order valence-electron chi connectivity index (χ0n) is 11.4. The van der Waals surface area contributed by atoms with Gasteiger partial charge in [-0.2, -0.15) is 0 Å². The summed E-state index contributed by atoms with van der Waals surface area (Å²) in [5.41, 5.74) is 4.76. The second-order valence-electron chi connectivity index (χ2n) is 5.25. The van der Waals surface area contributed by atoms with Gasteiger partial charge in [-0.3, -0.25) is 0 Å². The predicted octanol–water partition coefficient (Wildman–Crippen LogP) is -1.09. The van der Waals surface area contributed by atoms with E-state index in [1.807, 2.05) is 0 Å². The van der Waals surface area contributed by atoms with Crippen LogP contribution in [0.5, 0.6) is 0 Å². The number of nitrogens with two attached hydrogens (primary N) is 2. The second-order valence-corrected chi connectivity index (χ2v) is 5.25. The van der Waals surface area contributed by atoms with E-state index in [1.165, 1.54) is 13.3 Å². The molecule has 0 spiro atoms. The van der Waals surface area contributed by atoms with Crippen LogP contribution in [0.2, 0.25) is 0 Å². The summed E-state index contributed by atoms with van der Waals surface area (Å²) in [6.07, 6.45) is 0.260. The van der Waals surface area contributed by atoms with Gasteiger partial charge in [0.2, 0.25) is 0 Å². The van der Waals surface area contributed by atoms with E-state index in [0.717, 1.165) is 0 Å². The minimum absolute atomic E-state index is 0.0376. The topological polar surface area (TPSA) is 142 Å². The maximum atomic E-state index is 10.6. The van der Waals surface area contributed by atoms with Gasteiger partial charge in [0.15, 0.2) is 6.23 Å². The number of anilines is 1. The molecule has 0 saturated carbocycles. The van der Waals surface area contributed by atoms with Crippen molar-refractivity contribution in [3.63, 3.8) is 0 Å². The molecule has 9 nitrogen and oxygen atoms in total. The molecule has 0 aromatic carbocycles. The van der Waals surface area contributed by atoms with Gasteiger partial charge in [-0.15, -0.1) is 0 Å². The summed E-state index contributed by atoms with van der Waals surface area (Å²) in [7, 11) is 0. The van der Waals surface area contributed by atoms with Gasteiger partial charge in [-0.05, 0) is 13.0 Å². The lowest BCUT2D eigenvalue weighted by Gasteiger charge is -2.27. The van der Waals surface area contributed by atoms with Crippen LogP contribution in [0.25, 0.3) is 11.0 Å². The van der Waals surface area contributed by atoms with Crippen molar-refractivity contribution in [3.05, 3.63) is 18.6 Å². The Kier molecular flexibility index (Phi) is 3.30. The van der Waals surface area contributed by atoms with Crippen molar-refractivity contribution in [3.8, 4) is 0 Å². The van der Waals surface area contributed by atoms with Crippen molar-refractivity contribution >= 4 is 16.9 Å². The summed E-state index contributed by atoms with van der Waals surface area (Å²) in [5.74, 6) is 5.35. The third-order valence-corrected chi connectivity index (χ3v) is 3.81. The smallest absolute Gasteiger partial charge is 0.167 e. The number of fused-ring (bicyclic) bond motifs is 1. The Bertz CT molecular complexity index is 658. The molecule has 2 aromatic heterocycles. The number of nitrogens with zero attached hydrogens (tertiary/aromatic N) is 3. The van der Waals surface area contributed by atoms with Gasteiger partial charge in [0.1, 0.15) is 35.6 Å². The van der Waals surface area contributed by atoms with E-state index in [9.17, 15) is 10.2 Å². The molecule has 9 heteroatoms. The molecule has 2 unspecified atom stereocenters. The van der Waals surface area contributed by atoms with Crippen LogP contribution in [0.3, 0.4) is 0 Å². The second kappa shape index (κ2) is 4.90. The first-order chi connectivity index (χ1) is 9.96. The molecule has 1 fully saturated rings. The molecule has 0 radical (unpaired) electrons. The van der Waals surface area contributed by atoms with Crippen molar-refractivity contribution in [1.82, 2.24) is 14.5 Å². The number of aliphatic hydroxyl groups excluding tert-OH is 1. The first-order valence-corrected chi connectivity index (χ1v) is 6.41. The maximum Gasteiger partial charge on any atom is 0.167 e. The van der Waals surface area contributed by atoms with Gasteiger partial charge in [0, 0.05) is 6.20 Å². The highest BCUT2D eigenvalue weighted by molar-refractivity contribution is 5.86. The number of nitrogen functional groups attached to an aromatic ring is 1. The number of ether oxygens (including phenoxy) is 1. The van der Waals surface area contributed by atoms with E-state index >= 15 is 0 Å². The number of aromatic nitrogens is 3. The molecule has 0 aliphatic carbocycles. The lowest BCUT2D eigenvalue weighted by molar-refractivity contribution is -0.0962. The minimum atomic E-state index is -1.53. The normalized spacial score (nSPS) is 32.9. The Hall–Kier alpha value is -1.78. The van der Waals surface area contributed by atoms with Gasteiger partial charge in [0.25, 0.3) is 0 Å². The number of aliphatic hydroxyl groups is 2. The van der Waals surface area contributed by atoms with Crippen molar-refractivity contribution in [2.45, 2.75) is 31.0 Å². The van der Waals surface area contributed by atoms with E-state index in [4.69, 9.17) is 16.4 Å². The first-order valence-electron chi connectivity index (χ1n) is 6.41. The Balaban J connectivity index is 2.04. The average molecular weight is 295 g/mol. The molecule has 6 N–H and O–H groups in total. The third-order valence-electron chi connectivity index (χ3n) is 3.81. The Morgan fingerprint density at radius 3 is 3.00 bits per heavy atom. The molecular formula is C12H17N5O4. The zero-order valence-corrected chi connectivity index (χ0v) is 11.4. The Labute approximate surface area is 120 Å². The van der Waals surface area contributed by atoms with Crippen LogP contribution < -0.4 is 11.6 Å². The first kappa shape index (κ1) is 14.2. The highest BCUT2D eigenvalue weighted by Gasteiger charge is 2.53. The third kappa shape index (κ3) is 2.06. The summed E-state index contributed by atoms with van der Waals surface area (Å²) in [4.78, 5) is 12.6. The lowest BCUT2D eigenvalue weighted by atomic mass is 9.96. The van der Waals surface area contributed by atoms with Crippen molar-refractivity contribution in [2.75, 3.05) is 12.3 Å². The highest BCUT2D eigenvalue weighted by Crippen LogP contribution is 2.39.